The Morgan fingerprint density at radius 3 is 2.06 bits per heavy atom. The Morgan fingerprint density at radius 1 is 1.19 bits per heavy atom. The molecule has 0 aromatic carbocycles. The fourth-order valence-electron chi connectivity index (χ4n) is 1.89. The summed E-state index contributed by atoms with van der Waals surface area (Å²) in [6, 6.07) is 0. The molecule has 0 aliphatic rings. The fourth-order valence-corrected chi connectivity index (χ4v) is 1.89. The molecule has 16 heavy (non-hydrogen) atoms. The molecule has 0 fully saturated rings. The second-order valence-electron chi connectivity index (χ2n) is 6.52. The fraction of sp³-hybridized carbons (Fsp3) is 0.786. The van der Waals surface area contributed by atoms with Gasteiger partial charge in [0.2, 0.25) is 0 Å². The molecule has 0 radical (unpaired) electrons. The molecule has 0 N–H and O–H groups in total. The van der Waals surface area contributed by atoms with Crippen LogP contribution in [0.3, 0.4) is 0 Å². The van der Waals surface area contributed by atoms with Gasteiger partial charge in [-0.25, -0.2) is 4.79 Å². The van der Waals surface area contributed by atoms with E-state index >= 15 is 0 Å². The summed E-state index contributed by atoms with van der Waals surface area (Å²) in [5, 5.41) is 0. The van der Waals surface area contributed by atoms with Crippen LogP contribution in [0.15, 0.2) is 12.2 Å². The minimum Gasteiger partial charge on any atom is -0.456 e. The van der Waals surface area contributed by atoms with Crippen molar-refractivity contribution in [3.05, 3.63) is 12.2 Å². The zero-order chi connectivity index (χ0) is 13.0. The average Bonchev–Trinajstić information content (AvgIpc) is 1.94. The summed E-state index contributed by atoms with van der Waals surface area (Å²) in [6.07, 6.45) is 4.23. The zero-order valence-corrected chi connectivity index (χ0v) is 11.8. The van der Waals surface area contributed by atoms with Gasteiger partial charge in [-0.2, -0.15) is 0 Å². The van der Waals surface area contributed by atoms with Crippen LogP contribution in [0.1, 0.15) is 54.9 Å². The number of carbonyl (C=O) groups excluding carboxylic acids is 1. The number of rotatable bonds is 4. The summed E-state index contributed by atoms with van der Waals surface area (Å²) in [5.41, 5.74) is -0.248. The van der Waals surface area contributed by atoms with Crippen molar-refractivity contribution >= 4 is 5.97 Å². The first-order valence-corrected chi connectivity index (χ1v) is 5.93. The molecule has 0 bridgehead atoms. The van der Waals surface area contributed by atoms with Crippen molar-refractivity contribution in [2.75, 3.05) is 0 Å². The minimum atomic E-state index is -0.406. The second kappa shape index (κ2) is 5.51. The third-order valence-electron chi connectivity index (χ3n) is 1.95. The SMILES string of the molecule is CC(C)C=CC(=O)OC(C)(C)CC(C)(C)C. The molecule has 0 atom stereocenters. The number of hydrogen-bond acceptors (Lipinski definition) is 2. The molecule has 0 aliphatic carbocycles. The molecular formula is C14H26O2. The number of esters is 1. The Morgan fingerprint density at radius 2 is 1.69 bits per heavy atom. The first-order chi connectivity index (χ1) is 7.02. The highest BCUT2D eigenvalue weighted by molar-refractivity contribution is 5.82. The third kappa shape index (κ3) is 8.51. The Balaban J connectivity index is 4.31. The molecule has 2 nitrogen and oxygen atoms in total. The Kier molecular flexibility index (Phi) is 5.24. The van der Waals surface area contributed by atoms with E-state index in [9.17, 15) is 4.79 Å². The van der Waals surface area contributed by atoms with Gasteiger partial charge in [0.05, 0.1) is 0 Å². The lowest BCUT2D eigenvalue weighted by atomic mass is 9.84. The maximum Gasteiger partial charge on any atom is 0.330 e. The maximum atomic E-state index is 11.5. The molecule has 0 aliphatic heterocycles. The lowest BCUT2D eigenvalue weighted by Gasteiger charge is -2.31. The van der Waals surface area contributed by atoms with Gasteiger partial charge in [0.25, 0.3) is 0 Å². The topological polar surface area (TPSA) is 26.3 Å². The molecular weight excluding hydrogens is 200 g/mol. The van der Waals surface area contributed by atoms with E-state index in [1.165, 1.54) is 6.08 Å². The molecule has 0 heterocycles. The smallest absolute Gasteiger partial charge is 0.330 e. The Hall–Kier alpha value is -0.790. The first kappa shape index (κ1) is 15.2. The van der Waals surface area contributed by atoms with Crippen molar-refractivity contribution in [1.29, 1.82) is 0 Å². The second-order valence-corrected chi connectivity index (χ2v) is 6.52. The van der Waals surface area contributed by atoms with Gasteiger partial charge in [0.15, 0.2) is 0 Å². The highest BCUT2D eigenvalue weighted by atomic mass is 16.6. The van der Waals surface area contributed by atoms with Crippen LogP contribution >= 0.6 is 0 Å². The zero-order valence-electron chi connectivity index (χ0n) is 11.8. The van der Waals surface area contributed by atoms with Gasteiger partial charge in [0.1, 0.15) is 5.60 Å². The standard InChI is InChI=1S/C14H26O2/c1-11(2)8-9-12(15)16-14(6,7)10-13(3,4)5/h8-9,11H,10H2,1-7H3. The van der Waals surface area contributed by atoms with E-state index in [0.29, 0.717) is 5.92 Å². The molecule has 0 saturated heterocycles. The summed E-state index contributed by atoms with van der Waals surface area (Å²) in [6.45, 7) is 14.4. The van der Waals surface area contributed by atoms with Crippen LogP contribution in [0.2, 0.25) is 0 Å². The van der Waals surface area contributed by atoms with Crippen LogP contribution in [0.5, 0.6) is 0 Å². The van der Waals surface area contributed by atoms with Gasteiger partial charge < -0.3 is 4.74 Å². The number of allylic oxidation sites excluding steroid dienone is 1. The first-order valence-electron chi connectivity index (χ1n) is 5.93. The average molecular weight is 226 g/mol. The lowest BCUT2D eigenvalue weighted by molar-refractivity contribution is -0.152. The van der Waals surface area contributed by atoms with E-state index < -0.39 is 5.60 Å². The highest BCUT2D eigenvalue weighted by Crippen LogP contribution is 2.29. The van der Waals surface area contributed by atoms with E-state index in [1.54, 1.807) is 0 Å². The largest absolute Gasteiger partial charge is 0.456 e. The predicted molar refractivity (Wildman–Crippen MR) is 68.2 cm³/mol. The minimum absolute atomic E-state index is 0.158. The normalized spacial score (nSPS) is 13.5. The van der Waals surface area contributed by atoms with Gasteiger partial charge in [0, 0.05) is 6.08 Å². The van der Waals surface area contributed by atoms with E-state index in [-0.39, 0.29) is 11.4 Å². The van der Waals surface area contributed by atoms with Gasteiger partial charge >= 0.3 is 5.97 Å². The van der Waals surface area contributed by atoms with Gasteiger partial charge in [-0.1, -0.05) is 40.7 Å². The Labute approximate surface area is 100 Å². The van der Waals surface area contributed by atoms with E-state index in [2.05, 4.69) is 20.8 Å². The number of hydrogen-bond donors (Lipinski definition) is 0. The summed E-state index contributed by atoms with van der Waals surface area (Å²) < 4.78 is 5.44. The van der Waals surface area contributed by atoms with Crippen molar-refractivity contribution in [3.8, 4) is 0 Å². The molecule has 94 valence electrons. The van der Waals surface area contributed by atoms with Gasteiger partial charge in [-0.05, 0) is 31.6 Å². The van der Waals surface area contributed by atoms with E-state index in [0.717, 1.165) is 6.42 Å². The maximum absolute atomic E-state index is 11.5. The summed E-state index contributed by atoms with van der Waals surface area (Å²) in [4.78, 5) is 11.5. The summed E-state index contributed by atoms with van der Waals surface area (Å²) in [5.74, 6) is 0.126. The Bertz CT molecular complexity index is 254. The van der Waals surface area contributed by atoms with Crippen LogP contribution in [0.4, 0.5) is 0 Å². The quantitative estimate of drug-likeness (QED) is 0.536. The molecule has 2 heteroatoms. The van der Waals surface area contributed by atoms with Crippen molar-refractivity contribution in [1.82, 2.24) is 0 Å². The van der Waals surface area contributed by atoms with Crippen LogP contribution in [-0.2, 0) is 9.53 Å². The molecule has 0 spiro atoms. The van der Waals surface area contributed by atoms with Crippen LogP contribution < -0.4 is 0 Å². The van der Waals surface area contributed by atoms with Crippen molar-refractivity contribution in [2.24, 2.45) is 11.3 Å². The van der Waals surface area contributed by atoms with Gasteiger partial charge in [-0.15, -0.1) is 0 Å². The highest BCUT2D eigenvalue weighted by Gasteiger charge is 2.28. The monoisotopic (exact) mass is 226 g/mol. The molecule has 0 rings (SSSR count). The van der Waals surface area contributed by atoms with E-state index in [4.69, 9.17) is 4.74 Å². The van der Waals surface area contributed by atoms with Crippen LogP contribution in [-0.4, -0.2) is 11.6 Å². The predicted octanol–water partition coefficient (Wildman–Crippen LogP) is 3.96. The molecule has 0 amide bonds. The van der Waals surface area contributed by atoms with Crippen LogP contribution in [0, 0.1) is 11.3 Å². The third-order valence-corrected chi connectivity index (χ3v) is 1.95. The lowest BCUT2D eigenvalue weighted by Crippen LogP contribution is -2.32. The van der Waals surface area contributed by atoms with Gasteiger partial charge in [-0.3, -0.25) is 0 Å². The van der Waals surface area contributed by atoms with Crippen molar-refractivity contribution in [3.63, 3.8) is 0 Å². The molecule has 0 unspecified atom stereocenters. The number of ether oxygens (including phenoxy) is 1. The molecule has 0 aromatic heterocycles. The molecule has 0 saturated carbocycles. The van der Waals surface area contributed by atoms with Crippen molar-refractivity contribution in [2.45, 2.75) is 60.5 Å². The summed E-state index contributed by atoms with van der Waals surface area (Å²) in [7, 11) is 0. The van der Waals surface area contributed by atoms with Crippen LogP contribution in [0.25, 0.3) is 0 Å². The van der Waals surface area contributed by atoms with E-state index in [1.807, 2.05) is 33.8 Å². The summed E-state index contributed by atoms with van der Waals surface area (Å²) >= 11 is 0. The van der Waals surface area contributed by atoms with Crippen molar-refractivity contribution < 1.29 is 9.53 Å². The molecule has 0 aromatic rings. The number of carbonyl (C=O) groups is 1.